The van der Waals surface area contributed by atoms with Gasteiger partial charge in [0.15, 0.2) is 0 Å². The number of carbonyl (C=O) groups is 2. The molecule has 0 aliphatic carbocycles. The molecule has 66 heavy (non-hydrogen) atoms. The zero-order chi connectivity index (χ0) is 45.1. The molecule has 4 aromatic carbocycles. The average molecular weight is 879 g/mol. The van der Waals surface area contributed by atoms with Gasteiger partial charge in [-0.05, 0) is 106 Å². The Morgan fingerprint density at radius 2 is 1.06 bits per heavy atom. The van der Waals surface area contributed by atoms with Gasteiger partial charge in [-0.25, -0.2) is 9.97 Å². The number of nitrogens with zero attached hydrogens (tertiary/aromatic N) is 12. The number of likely N-dealkylation sites (tertiary alicyclic amines) is 2. The summed E-state index contributed by atoms with van der Waals surface area (Å²) >= 11 is 0. The van der Waals surface area contributed by atoms with Crippen LogP contribution in [0.4, 0.5) is 11.6 Å². The molecule has 0 atom stereocenters. The molecule has 0 N–H and O–H groups in total. The first-order chi connectivity index (χ1) is 32.3. The first-order valence-corrected chi connectivity index (χ1v) is 23.3. The third-order valence-electron chi connectivity index (χ3n) is 14.3. The molecule has 14 heteroatoms. The maximum absolute atomic E-state index is 13.8. The Morgan fingerprint density at radius 3 is 1.59 bits per heavy atom. The lowest BCUT2D eigenvalue weighted by Crippen LogP contribution is -2.53. The van der Waals surface area contributed by atoms with Gasteiger partial charge in [0.2, 0.25) is 11.8 Å². The molecule has 4 aliphatic heterocycles. The Morgan fingerprint density at radius 1 is 0.576 bits per heavy atom. The van der Waals surface area contributed by atoms with Crippen LogP contribution in [0.15, 0.2) is 116 Å². The van der Waals surface area contributed by atoms with Gasteiger partial charge in [0.25, 0.3) is 0 Å². The lowest BCUT2D eigenvalue weighted by molar-refractivity contribution is -0.149. The monoisotopic (exact) mass is 878 g/mol. The molecule has 7 aromatic rings. The van der Waals surface area contributed by atoms with Crippen molar-refractivity contribution in [2.45, 2.75) is 71.4 Å². The highest BCUT2D eigenvalue weighted by Gasteiger charge is 2.47. The first-order valence-electron chi connectivity index (χ1n) is 23.3. The molecule has 3 aromatic heterocycles. The van der Waals surface area contributed by atoms with E-state index in [0.717, 1.165) is 141 Å². The van der Waals surface area contributed by atoms with Crippen LogP contribution < -0.4 is 9.80 Å². The van der Waals surface area contributed by atoms with E-state index >= 15 is 0 Å². The van der Waals surface area contributed by atoms with E-state index in [9.17, 15) is 14.9 Å². The second kappa shape index (κ2) is 18.3. The van der Waals surface area contributed by atoms with E-state index in [-0.39, 0.29) is 22.6 Å². The zero-order valence-corrected chi connectivity index (χ0v) is 37.5. The quantitative estimate of drug-likeness (QED) is 0.154. The summed E-state index contributed by atoms with van der Waals surface area (Å²) in [6, 6.07) is 31.9. The average Bonchev–Trinajstić information content (AvgIpc) is 3.90. The number of benzene rings is 4. The molecule has 0 unspecified atom stereocenters. The van der Waals surface area contributed by atoms with E-state index < -0.39 is 0 Å². The van der Waals surface area contributed by atoms with Crippen molar-refractivity contribution in [3.63, 3.8) is 0 Å². The van der Waals surface area contributed by atoms with Crippen LogP contribution >= 0.6 is 0 Å². The van der Waals surface area contributed by atoms with Crippen LogP contribution in [-0.4, -0.2) is 95.8 Å². The van der Waals surface area contributed by atoms with E-state index in [0.29, 0.717) is 18.7 Å². The Bertz CT molecular complexity index is 2910. The maximum atomic E-state index is 13.8. The number of hydrogen-bond acceptors (Lipinski definition) is 11. The van der Waals surface area contributed by atoms with Crippen molar-refractivity contribution in [3.05, 3.63) is 138 Å². The van der Waals surface area contributed by atoms with Gasteiger partial charge in [-0.3, -0.25) is 19.6 Å². The fraction of sp³-hybridized carbons (Fsp3) is 0.365. The van der Waals surface area contributed by atoms with Crippen LogP contribution in [-0.2, 0) is 22.7 Å². The number of para-hydroxylation sites is 4. The molecule has 2 spiro atoms. The Hall–Kier alpha value is -7.27. The van der Waals surface area contributed by atoms with Crippen molar-refractivity contribution in [2.75, 3.05) is 49.1 Å². The number of anilines is 2. The van der Waals surface area contributed by atoms with Crippen molar-refractivity contribution < 1.29 is 9.59 Å². The van der Waals surface area contributed by atoms with Gasteiger partial charge in [-0.15, -0.1) is 0 Å². The molecule has 14 nitrogen and oxygen atoms in total. The molecule has 334 valence electrons. The summed E-state index contributed by atoms with van der Waals surface area (Å²) in [5.41, 5.74) is 7.79. The summed E-state index contributed by atoms with van der Waals surface area (Å²) in [4.78, 5) is 56.3. The number of aromatic nitrogens is 7. The Balaban J connectivity index is 0.000000156. The summed E-state index contributed by atoms with van der Waals surface area (Å²) in [7, 11) is 0. The molecule has 0 radical (unpaired) electrons. The van der Waals surface area contributed by atoms with Crippen molar-refractivity contribution in [1.82, 2.24) is 44.7 Å². The van der Waals surface area contributed by atoms with E-state index in [2.05, 4.69) is 60.0 Å². The second-order valence-electron chi connectivity index (χ2n) is 18.3. The Labute approximate surface area is 384 Å². The molecule has 0 saturated carbocycles. The molecule has 7 heterocycles. The van der Waals surface area contributed by atoms with Crippen LogP contribution in [0.1, 0.15) is 73.6 Å². The minimum atomic E-state index is -0.291. The smallest absolute Gasteiger partial charge is 0.229 e. The molecule has 4 fully saturated rings. The molecular weight excluding hydrogens is 825 g/mol. The van der Waals surface area contributed by atoms with E-state index in [1.807, 2.05) is 96.2 Å². The van der Waals surface area contributed by atoms with Gasteiger partial charge in [-0.1, -0.05) is 60.2 Å². The third kappa shape index (κ3) is 8.53. The van der Waals surface area contributed by atoms with Gasteiger partial charge in [-0.2, -0.15) is 20.3 Å². The second-order valence-corrected chi connectivity index (χ2v) is 18.3. The largest absolute Gasteiger partial charge is 0.355 e. The number of aryl methyl sites for hydroxylation is 1. The molecular formula is C52H54N12O2. The summed E-state index contributed by atoms with van der Waals surface area (Å²) in [6.07, 6.45) is 14.4. The predicted octanol–water partition coefficient (Wildman–Crippen LogP) is 7.84. The third-order valence-corrected chi connectivity index (χ3v) is 14.3. The minimum absolute atomic E-state index is 0.246. The Kier molecular flexibility index (Phi) is 11.8. The molecule has 2 amide bonds. The summed E-state index contributed by atoms with van der Waals surface area (Å²) < 4.78 is 0. The summed E-state index contributed by atoms with van der Waals surface area (Å²) in [6.45, 7) is 7.99. The zero-order valence-electron chi connectivity index (χ0n) is 37.5. The van der Waals surface area contributed by atoms with Gasteiger partial charge in [0, 0.05) is 52.4 Å². The number of hydrogen-bond donors (Lipinski definition) is 0. The fourth-order valence-corrected chi connectivity index (χ4v) is 10.6. The number of rotatable bonds is 7. The van der Waals surface area contributed by atoms with Crippen molar-refractivity contribution in [2.24, 2.45) is 10.8 Å². The lowest BCUT2D eigenvalue weighted by atomic mass is 9.71. The number of carbonyl (C=O) groups excluding carboxylic acids is 2. The lowest BCUT2D eigenvalue weighted by Gasteiger charge is -2.46. The van der Waals surface area contributed by atoms with Crippen LogP contribution in [0.3, 0.4) is 0 Å². The maximum Gasteiger partial charge on any atom is 0.229 e. The number of nitriles is 1. The molecule has 4 saturated heterocycles. The number of amides is 2. The van der Waals surface area contributed by atoms with E-state index in [1.54, 1.807) is 17.2 Å². The summed E-state index contributed by atoms with van der Waals surface area (Å²) in [5, 5.41) is 18.0. The highest BCUT2D eigenvalue weighted by Crippen LogP contribution is 2.44. The highest BCUT2D eigenvalue weighted by atomic mass is 16.2. The normalized spacial score (nSPS) is 18.1. The van der Waals surface area contributed by atoms with Crippen LogP contribution in [0.25, 0.3) is 27.8 Å². The minimum Gasteiger partial charge on any atom is -0.355 e. The highest BCUT2D eigenvalue weighted by molar-refractivity contribution is 5.85. The van der Waals surface area contributed by atoms with Gasteiger partial charge < -0.3 is 19.6 Å². The van der Waals surface area contributed by atoms with E-state index in [1.165, 1.54) is 5.56 Å². The van der Waals surface area contributed by atoms with Crippen LogP contribution in [0.2, 0.25) is 0 Å². The fourth-order valence-electron chi connectivity index (χ4n) is 10.6. The number of fused-ring (bicyclic) bond motifs is 2. The molecule has 0 bridgehead atoms. The first kappa shape index (κ1) is 42.7. The van der Waals surface area contributed by atoms with Crippen molar-refractivity contribution in [1.29, 1.82) is 5.26 Å². The van der Waals surface area contributed by atoms with Crippen molar-refractivity contribution in [3.8, 4) is 11.8 Å². The van der Waals surface area contributed by atoms with E-state index in [4.69, 9.17) is 9.97 Å². The molecule has 4 aliphatic rings. The van der Waals surface area contributed by atoms with Gasteiger partial charge >= 0.3 is 0 Å². The topological polar surface area (TPSA) is 153 Å². The predicted molar refractivity (Wildman–Crippen MR) is 253 cm³/mol. The van der Waals surface area contributed by atoms with Crippen LogP contribution in [0.5, 0.6) is 0 Å². The molecule has 11 rings (SSSR count). The van der Waals surface area contributed by atoms with Crippen molar-refractivity contribution >= 4 is 45.5 Å². The van der Waals surface area contributed by atoms with Gasteiger partial charge in [0.05, 0.1) is 75.0 Å². The van der Waals surface area contributed by atoms with Crippen LogP contribution in [0, 0.1) is 29.1 Å². The standard InChI is InChI=1S/C27H29N7O.C25H25N5O/c1-20-7-8-24(34-29-12-13-30-34)21(17-20)19-33-14-4-9-27(26(33)35)10-15-32(16-11-27)25-18-28-22-5-2-3-6-23(22)31-25;26-16-19-6-1-2-7-20(19)18-30-13-5-10-25(24(30)31)11-14-29(15-12-25)23-17-27-21-8-3-4-9-22(21)28-23/h2-3,5-8,12-13,17-18H,4,9-11,14-16,19H2,1H3;1-4,6-9,17H,5,10-15,18H2. The number of piperidine rings is 4. The summed E-state index contributed by atoms with van der Waals surface area (Å²) in [5.74, 6) is 2.32. The SMILES string of the molecule is Cc1ccc(-n2nccn2)c(CN2CCCC3(CCN(c4cnc5ccccc5n4)CC3)C2=O)c1.N#Cc1ccccc1CN1CCCC2(CCN(c3cnc4ccccc4n3)CC2)C1=O. The van der Waals surface area contributed by atoms with Gasteiger partial charge in [0.1, 0.15) is 11.6 Å².